The van der Waals surface area contributed by atoms with Crippen LogP contribution in [0.3, 0.4) is 0 Å². The second-order valence-corrected chi connectivity index (χ2v) is 14.7. The molecule has 0 saturated heterocycles. The van der Waals surface area contributed by atoms with Crippen LogP contribution in [0, 0.1) is 0 Å². The Balaban J connectivity index is 0.988. The summed E-state index contributed by atoms with van der Waals surface area (Å²) < 4.78 is 8.84. The molecule has 11 aromatic rings. The van der Waals surface area contributed by atoms with E-state index in [9.17, 15) is 0 Å². The highest BCUT2D eigenvalue weighted by atomic mass is 32.1. The van der Waals surface area contributed by atoms with E-state index < -0.39 is 0 Å². The van der Waals surface area contributed by atoms with Crippen molar-refractivity contribution in [2.75, 3.05) is 0 Å². The molecule has 0 saturated carbocycles. The van der Waals surface area contributed by atoms with Gasteiger partial charge in [0.1, 0.15) is 11.2 Å². The van der Waals surface area contributed by atoms with Gasteiger partial charge in [0.25, 0.3) is 0 Å². The minimum atomic E-state index is 0.594. The van der Waals surface area contributed by atoms with Gasteiger partial charge in [-0.3, -0.25) is 0 Å². The predicted octanol–water partition coefficient (Wildman–Crippen LogP) is 12.9. The number of furan rings is 1. The first kappa shape index (κ1) is 32.1. The molecule has 0 bridgehead atoms. The highest BCUT2D eigenvalue weighted by Gasteiger charge is 2.19. The molecule has 0 unspecified atom stereocenters. The van der Waals surface area contributed by atoms with Gasteiger partial charge >= 0.3 is 0 Å². The summed E-state index contributed by atoms with van der Waals surface area (Å²) in [6.45, 7) is 0. The molecule has 56 heavy (non-hydrogen) atoms. The van der Waals surface area contributed by atoms with E-state index in [1.165, 1.54) is 4.70 Å². The number of fused-ring (bicyclic) bond motifs is 6. The summed E-state index contributed by atoms with van der Waals surface area (Å²) in [4.78, 5) is 25.2. The fourth-order valence-electron chi connectivity index (χ4n) is 7.44. The highest BCUT2D eigenvalue weighted by molar-refractivity contribution is 7.26. The lowest BCUT2D eigenvalue weighted by Gasteiger charge is -2.09. The van der Waals surface area contributed by atoms with Crippen molar-refractivity contribution < 1.29 is 4.42 Å². The van der Waals surface area contributed by atoms with Crippen LogP contribution in [0.5, 0.6) is 0 Å². The van der Waals surface area contributed by atoms with Crippen molar-refractivity contribution in [1.29, 1.82) is 0 Å². The first-order valence-electron chi connectivity index (χ1n) is 18.4. The maximum absolute atomic E-state index is 6.53. The van der Waals surface area contributed by atoms with Crippen LogP contribution in [0.15, 0.2) is 180 Å². The van der Waals surface area contributed by atoms with Crippen LogP contribution >= 0.6 is 11.3 Å². The molecule has 0 aliphatic heterocycles. The number of aromatic nitrogens is 5. The van der Waals surface area contributed by atoms with Crippen molar-refractivity contribution >= 4 is 53.6 Å². The topological polar surface area (TPSA) is 77.6 Å². The third-order valence-corrected chi connectivity index (χ3v) is 11.3. The van der Waals surface area contributed by atoms with E-state index in [1.807, 2.05) is 78.9 Å². The van der Waals surface area contributed by atoms with E-state index in [4.69, 9.17) is 29.3 Å². The summed E-state index contributed by atoms with van der Waals surface area (Å²) in [5.41, 5.74) is 10.4. The summed E-state index contributed by atoms with van der Waals surface area (Å²) in [7, 11) is 0. The largest absolute Gasteiger partial charge is 0.456 e. The van der Waals surface area contributed by atoms with Gasteiger partial charge in [0, 0.05) is 48.7 Å². The predicted molar refractivity (Wildman–Crippen MR) is 228 cm³/mol. The standard InChI is InChI=1S/C49H29N5OS/c1-4-13-31(14-5-1)43-45-44(37-19-10-11-22-41(37)56-45)51-46(50-43)34-25-23-30(24-26-34)35-27-28-36-40(29-35)55-39-21-12-20-38(42(36)39)49-53-47(32-15-6-2-7-16-32)52-48(54-49)33-17-8-3-9-18-33/h1-29H. The molecule has 0 amide bonds. The minimum absolute atomic E-state index is 0.594. The molecule has 11 rings (SSSR count). The lowest BCUT2D eigenvalue weighted by molar-refractivity contribution is 0.669. The third-order valence-electron chi connectivity index (χ3n) is 10.2. The molecule has 262 valence electrons. The molecule has 0 N–H and O–H groups in total. The number of rotatable bonds is 6. The van der Waals surface area contributed by atoms with Crippen LogP contribution in [0.4, 0.5) is 0 Å². The Morgan fingerprint density at radius 2 is 0.946 bits per heavy atom. The van der Waals surface area contributed by atoms with Gasteiger partial charge in [0.05, 0.1) is 15.9 Å². The molecule has 6 nitrogen and oxygen atoms in total. The number of benzene rings is 7. The quantitative estimate of drug-likeness (QED) is 0.169. The normalized spacial score (nSPS) is 11.6. The Morgan fingerprint density at radius 3 is 1.66 bits per heavy atom. The Morgan fingerprint density at radius 1 is 0.375 bits per heavy atom. The van der Waals surface area contributed by atoms with Crippen molar-refractivity contribution in [3.63, 3.8) is 0 Å². The van der Waals surface area contributed by atoms with E-state index in [0.29, 0.717) is 23.3 Å². The summed E-state index contributed by atoms with van der Waals surface area (Å²) in [6, 6.07) is 59.8. The molecule has 0 aliphatic carbocycles. The Hall–Kier alpha value is -7.35. The second kappa shape index (κ2) is 13.2. The maximum atomic E-state index is 6.53. The van der Waals surface area contributed by atoms with Crippen LogP contribution in [0.2, 0.25) is 0 Å². The zero-order chi connectivity index (χ0) is 37.0. The zero-order valence-corrected chi connectivity index (χ0v) is 30.6. The van der Waals surface area contributed by atoms with Crippen molar-refractivity contribution in [3.05, 3.63) is 176 Å². The van der Waals surface area contributed by atoms with Crippen LogP contribution in [-0.4, -0.2) is 24.9 Å². The number of hydrogen-bond donors (Lipinski definition) is 0. The van der Waals surface area contributed by atoms with Gasteiger partial charge in [-0.15, -0.1) is 11.3 Å². The number of nitrogens with zero attached hydrogens (tertiary/aromatic N) is 5. The van der Waals surface area contributed by atoms with E-state index in [2.05, 4.69) is 97.1 Å². The van der Waals surface area contributed by atoms with Crippen molar-refractivity contribution in [2.24, 2.45) is 0 Å². The Bertz CT molecular complexity index is 3180. The van der Waals surface area contributed by atoms with Gasteiger partial charge in [-0.05, 0) is 35.4 Å². The molecular weight excluding hydrogens is 707 g/mol. The monoisotopic (exact) mass is 735 g/mol. The average Bonchev–Trinajstić information content (AvgIpc) is 3.85. The van der Waals surface area contributed by atoms with Gasteiger partial charge in [-0.25, -0.2) is 24.9 Å². The average molecular weight is 736 g/mol. The fourth-order valence-corrected chi connectivity index (χ4v) is 8.60. The number of thiophene rings is 1. The van der Waals surface area contributed by atoms with Crippen molar-refractivity contribution in [2.45, 2.75) is 0 Å². The summed E-state index contributed by atoms with van der Waals surface area (Å²) >= 11 is 1.74. The smallest absolute Gasteiger partial charge is 0.164 e. The second-order valence-electron chi connectivity index (χ2n) is 13.6. The van der Waals surface area contributed by atoms with Crippen LogP contribution in [0.1, 0.15) is 0 Å². The minimum Gasteiger partial charge on any atom is -0.456 e. The number of hydrogen-bond acceptors (Lipinski definition) is 7. The van der Waals surface area contributed by atoms with Gasteiger partial charge < -0.3 is 4.42 Å². The van der Waals surface area contributed by atoms with Crippen LogP contribution < -0.4 is 0 Å². The van der Waals surface area contributed by atoms with Crippen molar-refractivity contribution in [3.8, 4) is 67.9 Å². The van der Waals surface area contributed by atoms with Gasteiger partial charge in [-0.2, -0.15) is 0 Å². The van der Waals surface area contributed by atoms with E-state index in [1.54, 1.807) is 11.3 Å². The molecular formula is C49H29N5OS. The molecule has 0 fully saturated rings. The lowest BCUT2D eigenvalue weighted by atomic mass is 10.0. The van der Waals surface area contributed by atoms with Crippen molar-refractivity contribution in [1.82, 2.24) is 24.9 Å². The molecule has 0 atom stereocenters. The fraction of sp³-hybridized carbons (Fsp3) is 0. The molecule has 4 heterocycles. The maximum Gasteiger partial charge on any atom is 0.164 e. The van der Waals surface area contributed by atoms with Crippen LogP contribution in [0.25, 0.3) is 110 Å². The summed E-state index contributed by atoms with van der Waals surface area (Å²) in [5, 5.41) is 3.12. The Kier molecular flexibility index (Phi) is 7.57. The first-order valence-corrected chi connectivity index (χ1v) is 19.2. The van der Waals surface area contributed by atoms with Gasteiger partial charge in [-0.1, -0.05) is 152 Å². The highest BCUT2D eigenvalue weighted by Crippen LogP contribution is 2.41. The summed E-state index contributed by atoms with van der Waals surface area (Å²) in [5.74, 6) is 2.54. The van der Waals surface area contributed by atoms with Gasteiger partial charge in [0.2, 0.25) is 0 Å². The molecule has 0 radical (unpaired) electrons. The van der Waals surface area contributed by atoms with Gasteiger partial charge in [0.15, 0.2) is 23.3 Å². The Labute approximate surface area is 325 Å². The molecule has 4 aromatic heterocycles. The third kappa shape index (κ3) is 5.52. The molecule has 0 aliphatic rings. The molecule has 7 heteroatoms. The van der Waals surface area contributed by atoms with E-state index in [0.717, 1.165) is 82.2 Å². The first-order chi connectivity index (χ1) is 27.7. The zero-order valence-electron chi connectivity index (χ0n) is 29.8. The van der Waals surface area contributed by atoms with E-state index >= 15 is 0 Å². The van der Waals surface area contributed by atoms with Crippen LogP contribution in [-0.2, 0) is 0 Å². The SMILES string of the molecule is c1ccc(-c2nc(-c3ccccc3)nc(-c3cccc4oc5cc(-c6ccc(-c7nc(-c8ccccc8)c8sc9ccccc9c8n7)cc6)ccc5c34)n2)cc1. The van der Waals surface area contributed by atoms with E-state index in [-0.39, 0.29) is 0 Å². The molecule has 7 aromatic carbocycles. The lowest BCUT2D eigenvalue weighted by Crippen LogP contribution is -2.00. The molecule has 0 spiro atoms. The summed E-state index contributed by atoms with van der Waals surface area (Å²) in [6.07, 6.45) is 0.